The second-order valence-corrected chi connectivity index (χ2v) is 8.31. The first-order valence-corrected chi connectivity index (χ1v) is 11.2. The summed E-state index contributed by atoms with van der Waals surface area (Å²) in [5, 5.41) is 11.3. The maximum atomic E-state index is 12.7. The summed E-state index contributed by atoms with van der Waals surface area (Å²) in [4.78, 5) is 12.7. The van der Waals surface area contributed by atoms with E-state index in [1.165, 1.54) is 12.8 Å². The minimum Gasteiger partial charge on any atom is -0.490 e. The van der Waals surface area contributed by atoms with Gasteiger partial charge in [-0.15, -0.1) is 10.2 Å². The number of hydrogen-bond donors (Lipinski definition) is 1. The van der Waals surface area contributed by atoms with Gasteiger partial charge in [0.15, 0.2) is 0 Å². The number of amides is 1. The number of hydrogen-bond acceptors (Lipinski definition) is 5. The molecule has 1 aliphatic rings. The molecule has 6 heteroatoms. The zero-order valence-corrected chi connectivity index (χ0v) is 18.5. The largest absolute Gasteiger partial charge is 0.490 e. The Hall–Kier alpha value is -3.93. The van der Waals surface area contributed by atoms with Crippen molar-refractivity contribution in [3.8, 4) is 28.7 Å². The van der Waals surface area contributed by atoms with Crippen LogP contribution in [0, 0.1) is 6.92 Å². The van der Waals surface area contributed by atoms with E-state index < -0.39 is 0 Å². The summed E-state index contributed by atoms with van der Waals surface area (Å²) in [7, 11) is 0. The van der Waals surface area contributed by atoms with Crippen LogP contribution in [-0.2, 0) is 0 Å². The highest BCUT2D eigenvalue weighted by molar-refractivity contribution is 6.04. The first-order valence-electron chi connectivity index (χ1n) is 11.2. The molecule has 0 unspecified atom stereocenters. The number of aryl methyl sites for hydroxylation is 1. The number of aromatic nitrogens is 2. The average molecular weight is 440 g/mol. The van der Waals surface area contributed by atoms with Gasteiger partial charge in [0.2, 0.25) is 11.8 Å². The van der Waals surface area contributed by atoms with Crippen molar-refractivity contribution in [2.24, 2.45) is 0 Å². The van der Waals surface area contributed by atoms with Gasteiger partial charge in [0.1, 0.15) is 5.75 Å². The van der Waals surface area contributed by atoms with Gasteiger partial charge < -0.3 is 14.5 Å². The van der Waals surface area contributed by atoms with Crippen LogP contribution >= 0.6 is 0 Å². The third-order valence-corrected chi connectivity index (χ3v) is 5.91. The molecule has 0 saturated heterocycles. The maximum absolute atomic E-state index is 12.7. The van der Waals surface area contributed by atoms with Crippen LogP contribution in [0.5, 0.6) is 5.75 Å². The van der Waals surface area contributed by atoms with Gasteiger partial charge in [0.05, 0.1) is 6.10 Å². The highest BCUT2D eigenvalue weighted by atomic mass is 16.5. The van der Waals surface area contributed by atoms with E-state index in [4.69, 9.17) is 9.15 Å². The van der Waals surface area contributed by atoms with Crippen molar-refractivity contribution in [1.82, 2.24) is 10.2 Å². The van der Waals surface area contributed by atoms with Crippen LogP contribution in [0.4, 0.5) is 5.69 Å². The van der Waals surface area contributed by atoms with Crippen molar-refractivity contribution in [2.45, 2.75) is 38.7 Å². The number of carbonyl (C=O) groups is 1. The standard InChI is InChI=1S/C27H25N3O3/c1-18-6-2-5-9-24(18)27-30-29-26(33-27)20-12-10-19(11-13-20)25(31)28-21-14-16-23(17-15-21)32-22-7-3-4-8-22/h2,5-6,9-17,22H,3-4,7-8H2,1H3,(H,28,31). The van der Waals surface area contributed by atoms with Gasteiger partial charge in [-0.2, -0.15) is 0 Å². The molecule has 0 bridgehead atoms. The van der Waals surface area contributed by atoms with E-state index in [0.29, 0.717) is 23.4 Å². The van der Waals surface area contributed by atoms with Crippen molar-refractivity contribution < 1.29 is 13.9 Å². The summed E-state index contributed by atoms with van der Waals surface area (Å²) in [5.74, 6) is 1.55. The topological polar surface area (TPSA) is 77.2 Å². The van der Waals surface area contributed by atoms with Crippen LogP contribution in [0.2, 0.25) is 0 Å². The van der Waals surface area contributed by atoms with Gasteiger partial charge in [-0.1, -0.05) is 18.2 Å². The molecule has 0 spiro atoms. The van der Waals surface area contributed by atoms with E-state index in [2.05, 4.69) is 15.5 Å². The minimum absolute atomic E-state index is 0.183. The number of ether oxygens (including phenoxy) is 1. The number of anilines is 1. The lowest BCUT2D eigenvalue weighted by atomic mass is 10.1. The predicted molar refractivity (Wildman–Crippen MR) is 127 cm³/mol. The molecule has 6 nitrogen and oxygen atoms in total. The van der Waals surface area contributed by atoms with Crippen molar-refractivity contribution >= 4 is 11.6 Å². The number of nitrogens with zero attached hydrogens (tertiary/aromatic N) is 2. The lowest BCUT2D eigenvalue weighted by molar-refractivity contribution is 0.102. The smallest absolute Gasteiger partial charge is 0.255 e. The highest BCUT2D eigenvalue weighted by Crippen LogP contribution is 2.27. The maximum Gasteiger partial charge on any atom is 0.255 e. The molecule has 1 saturated carbocycles. The van der Waals surface area contributed by atoms with Gasteiger partial charge in [-0.05, 0) is 92.8 Å². The Morgan fingerprint density at radius 3 is 2.33 bits per heavy atom. The van der Waals surface area contributed by atoms with E-state index in [1.807, 2.05) is 67.6 Å². The monoisotopic (exact) mass is 439 g/mol. The number of nitrogens with one attached hydrogen (secondary N) is 1. The van der Waals surface area contributed by atoms with Gasteiger partial charge in [-0.3, -0.25) is 4.79 Å². The molecule has 1 fully saturated rings. The second kappa shape index (κ2) is 9.28. The second-order valence-electron chi connectivity index (χ2n) is 8.31. The molecular weight excluding hydrogens is 414 g/mol. The molecule has 1 N–H and O–H groups in total. The van der Waals surface area contributed by atoms with E-state index in [-0.39, 0.29) is 5.91 Å². The lowest BCUT2D eigenvalue weighted by Gasteiger charge is -2.13. The molecular formula is C27H25N3O3. The summed E-state index contributed by atoms with van der Waals surface area (Å²) in [6, 6.07) is 22.5. The Morgan fingerprint density at radius 1 is 0.909 bits per heavy atom. The van der Waals surface area contributed by atoms with Crippen LogP contribution in [0.3, 0.4) is 0 Å². The first kappa shape index (κ1) is 20.9. The summed E-state index contributed by atoms with van der Waals surface area (Å²) >= 11 is 0. The molecule has 5 rings (SSSR count). The molecule has 3 aromatic carbocycles. The van der Waals surface area contributed by atoms with E-state index in [9.17, 15) is 4.79 Å². The molecule has 0 aliphatic heterocycles. The van der Waals surface area contributed by atoms with Crippen molar-refractivity contribution in [2.75, 3.05) is 5.32 Å². The summed E-state index contributed by atoms with van der Waals surface area (Å²) in [6.07, 6.45) is 5.02. The fraction of sp³-hybridized carbons (Fsp3) is 0.222. The van der Waals surface area contributed by atoms with Gasteiger partial charge in [-0.25, -0.2) is 0 Å². The van der Waals surface area contributed by atoms with Gasteiger partial charge in [0.25, 0.3) is 5.91 Å². The molecule has 166 valence electrons. The quantitative estimate of drug-likeness (QED) is 0.382. The van der Waals surface area contributed by atoms with Crippen LogP contribution in [-0.4, -0.2) is 22.2 Å². The average Bonchev–Trinajstić information content (AvgIpc) is 3.53. The minimum atomic E-state index is -0.183. The molecule has 0 radical (unpaired) electrons. The van der Waals surface area contributed by atoms with Crippen molar-refractivity contribution in [3.63, 3.8) is 0 Å². The zero-order valence-electron chi connectivity index (χ0n) is 18.5. The Bertz CT molecular complexity index is 1240. The van der Waals surface area contributed by atoms with Crippen molar-refractivity contribution in [1.29, 1.82) is 0 Å². The van der Waals surface area contributed by atoms with E-state index in [1.54, 1.807) is 12.1 Å². The first-order chi connectivity index (χ1) is 16.2. The third-order valence-electron chi connectivity index (χ3n) is 5.91. The third kappa shape index (κ3) is 4.80. The van der Waals surface area contributed by atoms with Crippen LogP contribution in [0.25, 0.3) is 22.9 Å². The summed E-state index contributed by atoms with van der Waals surface area (Å²) < 4.78 is 11.8. The number of carbonyl (C=O) groups excluding carboxylic acids is 1. The number of benzene rings is 3. The fourth-order valence-electron chi connectivity index (χ4n) is 4.04. The van der Waals surface area contributed by atoms with Gasteiger partial charge >= 0.3 is 0 Å². The molecule has 33 heavy (non-hydrogen) atoms. The van der Waals surface area contributed by atoms with Crippen LogP contribution in [0.15, 0.2) is 77.2 Å². The fourth-order valence-corrected chi connectivity index (χ4v) is 4.04. The molecule has 4 aromatic rings. The van der Waals surface area contributed by atoms with E-state index >= 15 is 0 Å². The van der Waals surface area contributed by atoms with Crippen LogP contribution in [0.1, 0.15) is 41.6 Å². The van der Waals surface area contributed by atoms with Gasteiger partial charge in [0, 0.05) is 22.4 Å². The number of rotatable bonds is 6. The Kier molecular flexibility index (Phi) is 5.89. The normalized spacial score (nSPS) is 13.7. The van der Waals surface area contributed by atoms with Crippen molar-refractivity contribution in [3.05, 3.63) is 83.9 Å². The SMILES string of the molecule is Cc1ccccc1-c1nnc(-c2ccc(C(=O)Nc3ccc(OC4CCCC4)cc3)cc2)o1. The zero-order chi connectivity index (χ0) is 22.6. The Balaban J connectivity index is 1.23. The van der Waals surface area contributed by atoms with Crippen LogP contribution < -0.4 is 10.1 Å². The molecule has 1 aromatic heterocycles. The predicted octanol–water partition coefficient (Wildman–Crippen LogP) is 6.29. The highest BCUT2D eigenvalue weighted by Gasteiger charge is 2.17. The Labute approximate surface area is 192 Å². The van der Waals surface area contributed by atoms with E-state index in [0.717, 1.165) is 41.0 Å². The molecule has 1 aliphatic carbocycles. The summed E-state index contributed by atoms with van der Waals surface area (Å²) in [6.45, 7) is 2.00. The molecule has 1 amide bonds. The molecule has 0 atom stereocenters. The molecule has 1 heterocycles. The summed E-state index contributed by atoms with van der Waals surface area (Å²) in [5.41, 5.74) is 4.00. The Morgan fingerprint density at radius 2 is 1.61 bits per heavy atom. The lowest BCUT2D eigenvalue weighted by Crippen LogP contribution is -2.12.